The largest absolute Gasteiger partial charge is 0.370 e. The molecule has 2 aliphatic heterocycles. The summed E-state index contributed by atoms with van der Waals surface area (Å²) in [6, 6.07) is 8.01. The van der Waals surface area contributed by atoms with Crippen molar-refractivity contribution in [2.75, 3.05) is 26.3 Å². The zero-order chi connectivity index (χ0) is 18.6. The highest BCUT2D eigenvalue weighted by atomic mass is 16.5. The number of H-pyrrole nitrogens is 1. The van der Waals surface area contributed by atoms with Crippen LogP contribution in [-0.2, 0) is 16.0 Å². The standard InChI is InChI=1S/C19H25N5O3/c1-13-5-2-3-6-14(13)16-12-24(8-10-27-16)19(25)20-11-17-21-18(23-22-17)15-7-4-9-26-15/h2-3,5-6,15-16H,4,7-12H2,1H3,(H,20,25)(H,21,22,23). The molecular formula is C19H25N5O3. The van der Waals surface area contributed by atoms with E-state index in [1.165, 1.54) is 5.56 Å². The number of rotatable bonds is 4. The van der Waals surface area contributed by atoms with Crippen molar-refractivity contribution < 1.29 is 14.3 Å². The maximum absolute atomic E-state index is 12.6. The minimum Gasteiger partial charge on any atom is -0.370 e. The minimum absolute atomic E-state index is 0.0279. The van der Waals surface area contributed by atoms with Crippen molar-refractivity contribution in [3.05, 3.63) is 47.0 Å². The Hall–Kier alpha value is -2.45. The second-order valence-electron chi connectivity index (χ2n) is 6.96. The first-order valence-electron chi connectivity index (χ1n) is 9.43. The van der Waals surface area contributed by atoms with E-state index >= 15 is 0 Å². The molecular weight excluding hydrogens is 346 g/mol. The molecule has 1 aromatic heterocycles. The SMILES string of the molecule is Cc1ccccc1C1CN(C(=O)NCc2nc(C3CCCO3)n[nH]2)CCO1. The Labute approximate surface area is 158 Å². The van der Waals surface area contributed by atoms with Gasteiger partial charge in [0.05, 0.1) is 19.7 Å². The average molecular weight is 371 g/mol. The van der Waals surface area contributed by atoms with Gasteiger partial charge in [0.2, 0.25) is 0 Å². The number of amides is 2. The Morgan fingerprint density at radius 3 is 2.96 bits per heavy atom. The van der Waals surface area contributed by atoms with Gasteiger partial charge in [0.25, 0.3) is 0 Å². The van der Waals surface area contributed by atoms with Crippen LogP contribution in [0.1, 0.15) is 47.8 Å². The molecule has 27 heavy (non-hydrogen) atoms. The summed E-state index contributed by atoms with van der Waals surface area (Å²) in [4.78, 5) is 18.8. The van der Waals surface area contributed by atoms with Crippen LogP contribution >= 0.6 is 0 Å². The van der Waals surface area contributed by atoms with Gasteiger partial charge in [0.15, 0.2) is 5.82 Å². The second-order valence-corrected chi connectivity index (χ2v) is 6.96. The summed E-state index contributed by atoms with van der Waals surface area (Å²) in [5.41, 5.74) is 2.31. The fourth-order valence-corrected chi connectivity index (χ4v) is 3.56. The Kier molecular flexibility index (Phi) is 5.35. The van der Waals surface area contributed by atoms with E-state index in [0.717, 1.165) is 25.0 Å². The monoisotopic (exact) mass is 371 g/mol. The Morgan fingerprint density at radius 2 is 2.15 bits per heavy atom. The average Bonchev–Trinajstić information content (AvgIpc) is 3.38. The van der Waals surface area contributed by atoms with Gasteiger partial charge in [0, 0.05) is 13.2 Å². The van der Waals surface area contributed by atoms with Crippen LogP contribution in [0.15, 0.2) is 24.3 Å². The normalized spacial score (nSPS) is 22.8. The fourth-order valence-electron chi connectivity index (χ4n) is 3.56. The lowest BCUT2D eigenvalue weighted by atomic mass is 10.0. The van der Waals surface area contributed by atoms with E-state index in [2.05, 4.69) is 39.6 Å². The van der Waals surface area contributed by atoms with Gasteiger partial charge in [0.1, 0.15) is 18.0 Å². The van der Waals surface area contributed by atoms with Crippen LogP contribution < -0.4 is 5.32 Å². The number of benzene rings is 1. The van der Waals surface area contributed by atoms with Crippen molar-refractivity contribution in [1.82, 2.24) is 25.4 Å². The van der Waals surface area contributed by atoms with Crippen LogP contribution in [0, 0.1) is 6.92 Å². The molecule has 0 aliphatic carbocycles. The molecule has 3 heterocycles. The number of hydrogen-bond donors (Lipinski definition) is 2. The number of hydrogen-bond acceptors (Lipinski definition) is 5. The van der Waals surface area contributed by atoms with E-state index in [1.807, 2.05) is 12.1 Å². The molecule has 2 saturated heterocycles. The van der Waals surface area contributed by atoms with Crippen LogP contribution in [0.2, 0.25) is 0 Å². The number of aromatic nitrogens is 3. The molecule has 0 saturated carbocycles. The number of carbonyl (C=O) groups is 1. The van der Waals surface area contributed by atoms with Crippen molar-refractivity contribution in [2.45, 2.75) is 38.5 Å². The number of aromatic amines is 1. The molecule has 2 aromatic rings. The quantitative estimate of drug-likeness (QED) is 0.860. The van der Waals surface area contributed by atoms with Crippen LogP contribution in [-0.4, -0.2) is 52.4 Å². The molecule has 2 N–H and O–H groups in total. The van der Waals surface area contributed by atoms with Crippen molar-refractivity contribution in [3.8, 4) is 0 Å². The number of morpholine rings is 1. The van der Waals surface area contributed by atoms with E-state index in [0.29, 0.717) is 37.9 Å². The van der Waals surface area contributed by atoms with E-state index in [4.69, 9.17) is 9.47 Å². The highest BCUT2D eigenvalue weighted by Gasteiger charge is 2.26. The topological polar surface area (TPSA) is 92.4 Å². The number of carbonyl (C=O) groups excluding carboxylic acids is 1. The third-order valence-electron chi connectivity index (χ3n) is 5.06. The third-order valence-corrected chi connectivity index (χ3v) is 5.06. The first-order valence-corrected chi connectivity index (χ1v) is 9.43. The summed E-state index contributed by atoms with van der Waals surface area (Å²) in [6.45, 7) is 4.76. The number of nitrogens with one attached hydrogen (secondary N) is 2. The van der Waals surface area contributed by atoms with E-state index in [1.54, 1.807) is 4.90 Å². The molecule has 8 nitrogen and oxygen atoms in total. The predicted octanol–water partition coefficient (Wildman–Crippen LogP) is 2.25. The lowest BCUT2D eigenvalue weighted by Gasteiger charge is -2.33. The number of nitrogens with zero attached hydrogens (tertiary/aromatic N) is 3. The zero-order valence-corrected chi connectivity index (χ0v) is 15.5. The first kappa shape index (κ1) is 17.9. The molecule has 0 bridgehead atoms. The van der Waals surface area contributed by atoms with Crippen molar-refractivity contribution in [1.29, 1.82) is 0 Å². The summed E-state index contributed by atoms with van der Waals surface area (Å²) < 4.78 is 11.5. The van der Waals surface area contributed by atoms with Crippen LogP contribution in [0.4, 0.5) is 4.79 Å². The predicted molar refractivity (Wildman–Crippen MR) is 98.0 cm³/mol. The molecule has 0 spiro atoms. The molecule has 1 aromatic carbocycles. The molecule has 4 rings (SSSR count). The summed E-state index contributed by atoms with van der Waals surface area (Å²) >= 11 is 0. The number of ether oxygens (including phenoxy) is 2. The zero-order valence-electron chi connectivity index (χ0n) is 15.5. The van der Waals surface area contributed by atoms with Crippen LogP contribution in [0.3, 0.4) is 0 Å². The van der Waals surface area contributed by atoms with Gasteiger partial charge >= 0.3 is 6.03 Å². The smallest absolute Gasteiger partial charge is 0.317 e. The Morgan fingerprint density at radius 1 is 1.30 bits per heavy atom. The fraction of sp³-hybridized carbons (Fsp3) is 0.526. The van der Waals surface area contributed by atoms with Gasteiger partial charge in [-0.25, -0.2) is 9.78 Å². The van der Waals surface area contributed by atoms with Crippen LogP contribution in [0.5, 0.6) is 0 Å². The highest BCUT2D eigenvalue weighted by Crippen LogP contribution is 2.26. The van der Waals surface area contributed by atoms with Gasteiger partial charge in [-0.2, -0.15) is 5.10 Å². The molecule has 0 radical (unpaired) electrons. The van der Waals surface area contributed by atoms with Crippen molar-refractivity contribution >= 4 is 6.03 Å². The third kappa shape index (κ3) is 4.12. The maximum Gasteiger partial charge on any atom is 0.317 e. The van der Waals surface area contributed by atoms with Crippen LogP contribution in [0.25, 0.3) is 0 Å². The van der Waals surface area contributed by atoms with Gasteiger partial charge in [-0.05, 0) is 30.9 Å². The molecule has 2 unspecified atom stereocenters. The number of urea groups is 1. The van der Waals surface area contributed by atoms with Crippen molar-refractivity contribution in [2.24, 2.45) is 0 Å². The lowest BCUT2D eigenvalue weighted by molar-refractivity contribution is -0.0158. The minimum atomic E-state index is -0.119. The molecule has 2 amide bonds. The molecule has 2 aliphatic rings. The molecule has 144 valence electrons. The summed E-state index contributed by atoms with van der Waals surface area (Å²) in [6.07, 6.45) is 1.85. The van der Waals surface area contributed by atoms with Gasteiger partial charge in [-0.1, -0.05) is 24.3 Å². The molecule has 8 heteroatoms. The molecule has 2 fully saturated rings. The van der Waals surface area contributed by atoms with Gasteiger partial charge < -0.3 is 19.7 Å². The maximum atomic E-state index is 12.6. The van der Waals surface area contributed by atoms with E-state index in [9.17, 15) is 4.79 Å². The highest BCUT2D eigenvalue weighted by molar-refractivity contribution is 5.74. The van der Waals surface area contributed by atoms with Gasteiger partial charge in [-0.3, -0.25) is 5.10 Å². The first-order chi connectivity index (χ1) is 13.2. The summed E-state index contributed by atoms with van der Waals surface area (Å²) in [5.74, 6) is 1.31. The Balaban J connectivity index is 1.32. The number of aryl methyl sites for hydroxylation is 1. The van der Waals surface area contributed by atoms with E-state index < -0.39 is 0 Å². The Bertz CT molecular complexity index is 787. The van der Waals surface area contributed by atoms with E-state index in [-0.39, 0.29) is 18.2 Å². The molecule has 2 atom stereocenters. The summed E-state index contributed by atoms with van der Waals surface area (Å²) in [5, 5.41) is 10.0. The second kappa shape index (κ2) is 8.06. The van der Waals surface area contributed by atoms with Gasteiger partial charge in [-0.15, -0.1) is 0 Å². The lowest BCUT2D eigenvalue weighted by Crippen LogP contribution is -2.47. The summed E-state index contributed by atoms with van der Waals surface area (Å²) in [7, 11) is 0. The van der Waals surface area contributed by atoms with Crippen molar-refractivity contribution in [3.63, 3.8) is 0 Å².